The zero-order valence-electron chi connectivity index (χ0n) is 11.7. The highest BCUT2D eigenvalue weighted by molar-refractivity contribution is 9.10. The van der Waals surface area contributed by atoms with E-state index in [9.17, 15) is 13.2 Å². The van der Waals surface area contributed by atoms with Crippen molar-refractivity contribution in [3.63, 3.8) is 0 Å². The first-order valence-corrected chi connectivity index (χ1v) is 7.37. The summed E-state index contributed by atoms with van der Waals surface area (Å²) in [4.78, 5) is 0. The third-order valence-electron chi connectivity index (χ3n) is 3.24. The van der Waals surface area contributed by atoms with E-state index in [2.05, 4.69) is 21.2 Å². The maximum absolute atomic E-state index is 14.3. The fraction of sp³-hybridized carbons (Fsp3) is 0.250. The molecule has 0 amide bonds. The first-order chi connectivity index (χ1) is 9.95. The van der Waals surface area contributed by atoms with E-state index < -0.39 is 23.5 Å². The Labute approximate surface area is 130 Å². The molecule has 2 rings (SSSR count). The number of benzene rings is 2. The summed E-state index contributed by atoms with van der Waals surface area (Å²) in [5.41, 5.74) is 0.786. The van der Waals surface area contributed by atoms with E-state index in [1.165, 1.54) is 18.2 Å². The standard InChI is InChI=1S/C16H15BrF3N/c1-3-21-16(10-5-4-9(2)8-13(10)19)14-12(18)7-6-11(17)15(14)20/h4-8,16,21H,3H2,1-2H3. The summed E-state index contributed by atoms with van der Waals surface area (Å²) >= 11 is 3.04. The van der Waals surface area contributed by atoms with Crippen molar-refractivity contribution in [2.75, 3.05) is 6.54 Å². The Balaban J connectivity index is 2.61. The fourth-order valence-electron chi connectivity index (χ4n) is 2.25. The van der Waals surface area contributed by atoms with E-state index >= 15 is 0 Å². The average molecular weight is 358 g/mol. The van der Waals surface area contributed by atoms with Crippen LogP contribution in [-0.2, 0) is 0 Å². The van der Waals surface area contributed by atoms with Crippen molar-refractivity contribution in [2.45, 2.75) is 19.9 Å². The van der Waals surface area contributed by atoms with E-state index in [0.29, 0.717) is 6.54 Å². The van der Waals surface area contributed by atoms with Gasteiger partial charge in [0.25, 0.3) is 0 Å². The lowest BCUT2D eigenvalue weighted by Crippen LogP contribution is -2.25. The quantitative estimate of drug-likeness (QED) is 0.769. The van der Waals surface area contributed by atoms with Gasteiger partial charge in [-0.25, -0.2) is 13.2 Å². The maximum Gasteiger partial charge on any atom is 0.145 e. The number of halogens is 4. The van der Waals surface area contributed by atoms with Gasteiger partial charge in [-0.05, 0) is 53.2 Å². The van der Waals surface area contributed by atoms with Crippen molar-refractivity contribution in [3.8, 4) is 0 Å². The fourth-order valence-corrected chi connectivity index (χ4v) is 2.59. The molecule has 0 saturated carbocycles. The van der Waals surface area contributed by atoms with Crippen LogP contribution in [0.2, 0.25) is 0 Å². The molecule has 0 aliphatic heterocycles. The highest BCUT2D eigenvalue weighted by Crippen LogP contribution is 2.32. The van der Waals surface area contributed by atoms with Gasteiger partial charge in [0.05, 0.1) is 10.5 Å². The number of hydrogen-bond acceptors (Lipinski definition) is 1. The molecule has 0 fully saturated rings. The third-order valence-corrected chi connectivity index (χ3v) is 3.86. The predicted molar refractivity (Wildman–Crippen MR) is 80.7 cm³/mol. The Kier molecular flexibility index (Phi) is 5.06. The van der Waals surface area contributed by atoms with Crippen LogP contribution in [0.15, 0.2) is 34.8 Å². The largest absolute Gasteiger partial charge is 0.306 e. The Morgan fingerprint density at radius 2 is 1.81 bits per heavy atom. The van der Waals surface area contributed by atoms with Gasteiger partial charge in [0.2, 0.25) is 0 Å². The highest BCUT2D eigenvalue weighted by Gasteiger charge is 2.25. The summed E-state index contributed by atoms with van der Waals surface area (Å²) in [6.45, 7) is 4.01. The molecule has 0 heterocycles. The summed E-state index contributed by atoms with van der Waals surface area (Å²) in [5, 5.41) is 2.94. The molecule has 0 aliphatic rings. The second-order valence-electron chi connectivity index (χ2n) is 4.77. The molecule has 2 aromatic rings. The molecule has 0 bridgehead atoms. The molecule has 1 unspecified atom stereocenters. The molecular weight excluding hydrogens is 343 g/mol. The van der Waals surface area contributed by atoms with E-state index in [1.54, 1.807) is 26.0 Å². The van der Waals surface area contributed by atoms with E-state index in [-0.39, 0.29) is 15.6 Å². The first-order valence-electron chi connectivity index (χ1n) is 6.58. The minimum atomic E-state index is -0.881. The van der Waals surface area contributed by atoms with Crippen LogP contribution < -0.4 is 5.32 Å². The van der Waals surface area contributed by atoms with Crippen LogP contribution in [0.1, 0.15) is 29.7 Å². The van der Waals surface area contributed by atoms with Crippen LogP contribution in [0.3, 0.4) is 0 Å². The lowest BCUT2D eigenvalue weighted by molar-refractivity contribution is 0.493. The molecule has 1 N–H and O–H groups in total. The van der Waals surface area contributed by atoms with Crippen molar-refractivity contribution in [2.24, 2.45) is 0 Å². The number of rotatable bonds is 4. The Morgan fingerprint density at radius 3 is 2.43 bits per heavy atom. The summed E-state index contributed by atoms with van der Waals surface area (Å²) in [7, 11) is 0. The molecule has 1 nitrogen and oxygen atoms in total. The van der Waals surface area contributed by atoms with E-state index in [4.69, 9.17) is 0 Å². The lowest BCUT2D eigenvalue weighted by atomic mass is 9.96. The summed E-state index contributed by atoms with van der Waals surface area (Å²) in [5.74, 6) is -1.91. The monoisotopic (exact) mass is 357 g/mol. The maximum atomic E-state index is 14.3. The first kappa shape index (κ1) is 16.0. The van der Waals surface area contributed by atoms with Gasteiger partial charge in [0, 0.05) is 11.1 Å². The number of hydrogen-bond donors (Lipinski definition) is 1. The van der Waals surface area contributed by atoms with Crippen molar-refractivity contribution in [1.82, 2.24) is 5.32 Å². The molecule has 0 aliphatic carbocycles. The molecule has 0 saturated heterocycles. The minimum Gasteiger partial charge on any atom is -0.306 e. The molecule has 0 spiro atoms. The van der Waals surface area contributed by atoms with Crippen LogP contribution in [-0.4, -0.2) is 6.54 Å². The summed E-state index contributed by atoms with van der Waals surface area (Å²) in [6, 6.07) is 6.21. The van der Waals surface area contributed by atoms with Crippen LogP contribution in [0.25, 0.3) is 0 Å². The zero-order chi connectivity index (χ0) is 15.6. The molecule has 112 valence electrons. The molecule has 2 aromatic carbocycles. The van der Waals surface area contributed by atoms with Gasteiger partial charge in [-0.15, -0.1) is 0 Å². The normalized spacial score (nSPS) is 12.5. The minimum absolute atomic E-state index is 0.148. The predicted octanol–water partition coefficient (Wildman–Crippen LogP) is 4.87. The van der Waals surface area contributed by atoms with Gasteiger partial charge in [-0.2, -0.15) is 0 Å². The summed E-state index contributed by atoms with van der Waals surface area (Å²) in [6.07, 6.45) is 0. The molecule has 0 aromatic heterocycles. The Morgan fingerprint density at radius 1 is 1.10 bits per heavy atom. The number of nitrogens with one attached hydrogen (secondary N) is 1. The summed E-state index contributed by atoms with van der Waals surface area (Å²) < 4.78 is 42.7. The highest BCUT2D eigenvalue weighted by atomic mass is 79.9. The molecule has 0 radical (unpaired) electrons. The molecule has 21 heavy (non-hydrogen) atoms. The van der Waals surface area contributed by atoms with Gasteiger partial charge in [0.15, 0.2) is 0 Å². The SMILES string of the molecule is CCNC(c1ccc(C)cc1F)c1c(F)ccc(Br)c1F. The van der Waals surface area contributed by atoms with Crippen molar-refractivity contribution in [3.05, 3.63) is 68.9 Å². The zero-order valence-corrected chi connectivity index (χ0v) is 13.3. The third kappa shape index (κ3) is 3.30. The Bertz CT molecular complexity index is 658. The van der Waals surface area contributed by atoms with Gasteiger partial charge < -0.3 is 5.32 Å². The second-order valence-corrected chi connectivity index (χ2v) is 5.63. The topological polar surface area (TPSA) is 12.0 Å². The van der Waals surface area contributed by atoms with Crippen molar-refractivity contribution >= 4 is 15.9 Å². The van der Waals surface area contributed by atoms with Crippen LogP contribution in [0, 0.1) is 24.4 Å². The van der Waals surface area contributed by atoms with Crippen LogP contribution >= 0.6 is 15.9 Å². The lowest BCUT2D eigenvalue weighted by Gasteiger charge is -2.21. The van der Waals surface area contributed by atoms with Gasteiger partial charge >= 0.3 is 0 Å². The van der Waals surface area contributed by atoms with E-state index in [1.807, 2.05) is 0 Å². The second kappa shape index (κ2) is 6.62. The molecule has 1 atom stereocenters. The van der Waals surface area contributed by atoms with Crippen molar-refractivity contribution in [1.29, 1.82) is 0 Å². The average Bonchev–Trinajstić information content (AvgIpc) is 2.43. The smallest absolute Gasteiger partial charge is 0.145 e. The Hall–Kier alpha value is -1.33. The number of aryl methyl sites for hydroxylation is 1. The van der Waals surface area contributed by atoms with E-state index in [0.717, 1.165) is 5.56 Å². The van der Waals surface area contributed by atoms with Crippen molar-refractivity contribution < 1.29 is 13.2 Å². The van der Waals surface area contributed by atoms with Crippen LogP contribution in [0.4, 0.5) is 13.2 Å². The van der Waals surface area contributed by atoms with Gasteiger partial charge in [-0.1, -0.05) is 19.1 Å². The van der Waals surface area contributed by atoms with Gasteiger partial charge in [0.1, 0.15) is 17.5 Å². The van der Waals surface area contributed by atoms with Gasteiger partial charge in [-0.3, -0.25) is 0 Å². The molecule has 5 heteroatoms. The molecular formula is C16H15BrF3N. The van der Waals surface area contributed by atoms with Crippen LogP contribution in [0.5, 0.6) is 0 Å².